The number of primary amides is 1. The van der Waals surface area contributed by atoms with Crippen molar-refractivity contribution in [3.8, 4) is 0 Å². The van der Waals surface area contributed by atoms with Gasteiger partial charge in [-0.3, -0.25) is 4.79 Å². The van der Waals surface area contributed by atoms with Gasteiger partial charge in [-0.1, -0.05) is 19.8 Å². The molecular weight excluding hydrogens is 262 g/mol. The van der Waals surface area contributed by atoms with Crippen LogP contribution in [-0.2, 0) is 9.59 Å². The minimum atomic E-state index is -1.26. The van der Waals surface area contributed by atoms with Gasteiger partial charge in [-0.15, -0.1) is 0 Å². The molecule has 0 saturated carbocycles. The highest BCUT2D eigenvalue weighted by atomic mass is 16.4. The summed E-state index contributed by atoms with van der Waals surface area (Å²) >= 11 is 0. The number of urea groups is 1. The quantitative estimate of drug-likeness (QED) is 0.661. The summed E-state index contributed by atoms with van der Waals surface area (Å²) in [5.41, 5.74) is 4.97. The second-order valence-corrected chi connectivity index (χ2v) is 5.23. The summed E-state index contributed by atoms with van der Waals surface area (Å²) in [6.07, 6.45) is 3.78. The van der Waals surface area contributed by atoms with Crippen molar-refractivity contribution < 1.29 is 19.5 Å². The zero-order chi connectivity index (χ0) is 15.1. The molecule has 0 spiro atoms. The Kier molecular flexibility index (Phi) is 6.27. The molecule has 4 N–H and O–H groups in total. The van der Waals surface area contributed by atoms with Crippen molar-refractivity contribution in [2.75, 3.05) is 13.1 Å². The van der Waals surface area contributed by atoms with E-state index in [1.807, 2.05) is 0 Å². The summed E-state index contributed by atoms with van der Waals surface area (Å²) in [5.74, 6) is -1.36. The van der Waals surface area contributed by atoms with Crippen molar-refractivity contribution in [2.45, 2.75) is 45.1 Å². The second-order valence-electron chi connectivity index (χ2n) is 5.23. The summed E-state index contributed by atoms with van der Waals surface area (Å²) in [6, 6.07) is -1.69. The SMILES string of the molecule is CCCC1CCN(C(=O)N[C@H](CC(N)=O)C(=O)O)CC1. The molecule has 114 valence electrons. The molecule has 1 saturated heterocycles. The van der Waals surface area contributed by atoms with Gasteiger partial charge in [-0.2, -0.15) is 0 Å². The first-order chi connectivity index (χ1) is 9.43. The van der Waals surface area contributed by atoms with Crippen molar-refractivity contribution in [2.24, 2.45) is 11.7 Å². The molecule has 0 unspecified atom stereocenters. The first-order valence-corrected chi connectivity index (χ1v) is 7.00. The van der Waals surface area contributed by atoms with Gasteiger partial charge in [0.05, 0.1) is 6.42 Å². The largest absolute Gasteiger partial charge is 0.480 e. The average Bonchev–Trinajstić information content (AvgIpc) is 2.38. The van der Waals surface area contributed by atoms with E-state index in [1.165, 1.54) is 0 Å². The predicted molar refractivity (Wildman–Crippen MR) is 73.0 cm³/mol. The number of nitrogens with two attached hydrogens (primary N) is 1. The van der Waals surface area contributed by atoms with Crippen LogP contribution in [0.5, 0.6) is 0 Å². The lowest BCUT2D eigenvalue weighted by molar-refractivity contribution is -0.141. The lowest BCUT2D eigenvalue weighted by atomic mass is 9.93. The fourth-order valence-electron chi connectivity index (χ4n) is 2.47. The number of nitrogens with one attached hydrogen (secondary N) is 1. The van der Waals surface area contributed by atoms with Crippen molar-refractivity contribution in [1.82, 2.24) is 10.2 Å². The topological polar surface area (TPSA) is 113 Å². The van der Waals surface area contributed by atoms with Gasteiger partial charge >= 0.3 is 12.0 Å². The van der Waals surface area contributed by atoms with E-state index >= 15 is 0 Å². The summed E-state index contributed by atoms with van der Waals surface area (Å²) in [7, 11) is 0. The molecule has 0 aromatic carbocycles. The number of carbonyl (C=O) groups excluding carboxylic acids is 2. The molecule has 1 atom stereocenters. The number of aliphatic carboxylic acids is 1. The van der Waals surface area contributed by atoms with E-state index in [2.05, 4.69) is 12.2 Å². The average molecular weight is 285 g/mol. The van der Waals surface area contributed by atoms with E-state index in [0.29, 0.717) is 19.0 Å². The van der Waals surface area contributed by atoms with Crippen molar-refractivity contribution in [3.63, 3.8) is 0 Å². The Morgan fingerprint density at radius 2 is 1.95 bits per heavy atom. The maximum absolute atomic E-state index is 12.0. The van der Waals surface area contributed by atoms with E-state index in [-0.39, 0.29) is 0 Å². The maximum Gasteiger partial charge on any atom is 0.326 e. The third kappa shape index (κ3) is 5.07. The first-order valence-electron chi connectivity index (χ1n) is 7.00. The number of carboxylic acids is 1. The third-order valence-electron chi connectivity index (χ3n) is 3.60. The molecule has 1 fully saturated rings. The molecular formula is C13H23N3O4. The van der Waals surface area contributed by atoms with Crippen molar-refractivity contribution in [1.29, 1.82) is 0 Å². The van der Waals surface area contributed by atoms with Crippen LogP contribution in [0, 0.1) is 5.92 Å². The monoisotopic (exact) mass is 285 g/mol. The fraction of sp³-hybridized carbons (Fsp3) is 0.769. The van der Waals surface area contributed by atoms with Crippen LogP contribution in [0.2, 0.25) is 0 Å². The Morgan fingerprint density at radius 3 is 2.40 bits per heavy atom. The fourth-order valence-corrected chi connectivity index (χ4v) is 2.47. The maximum atomic E-state index is 12.0. The summed E-state index contributed by atoms with van der Waals surface area (Å²) in [6.45, 7) is 3.39. The zero-order valence-corrected chi connectivity index (χ0v) is 11.8. The smallest absolute Gasteiger partial charge is 0.326 e. The number of piperidine rings is 1. The molecule has 1 heterocycles. The molecule has 3 amide bonds. The molecule has 0 aliphatic carbocycles. The van der Waals surface area contributed by atoms with Crippen molar-refractivity contribution >= 4 is 17.9 Å². The summed E-state index contributed by atoms with van der Waals surface area (Å²) < 4.78 is 0. The standard InChI is InChI=1S/C13H23N3O4/c1-2-3-9-4-6-16(7-5-9)13(20)15-10(12(18)19)8-11(14)17/h9-10H,2-8H2,1H3,(H2,14,17)(H,15,20)(H,18,19)/t10-/m1/s1. The van der Waals surface area contributed by atoms with Crippen LogP contribution >= 0.6 is 0 Å². The van der Waals surface area contributed by atoms with E-state index in [9.17, 15) is 14.4 Å². The Morgan fingerprint density at radius 1 is 1.35 bits per heavy atom. The van der Waals surface area contributed by atoms with Gasteiger partial charge in [0.25, 0.3) is 0 Å². The number of rotatable bonds is 6. The van der Waals surface area contributed by atoms with Crippen molar-refractivity contribution in [3.05, 3.63) is 0 Å². The Bertz CT molecular complexity index is 365. The van der Waals surface area contributed by atoms with Gasteiger partial charge in [-0.25, -0.2) is 9.59 Å². The number of nitrogens with zero attached hydrogens (tertiary/aromatic N) is 1. The van der Waals surface area contributed by atoms with E-state index in [1.54, 1.807) is 4.90 Å². The van der Waals surface area contributed by atoms with Crippen LogP contribution in [0.3, 0.4) is 0 Å². The van der Waals surface area contributed by atoms with Crippen LogP contribution in [-0.4, -0.2) is 47.0 Å². The molecule has 7 heteroatoms. The highest BCUT2D eigenvalue weighted by molar-refractivity contribution is 5.87. The lowest BCUT2D eigenvalue weighted by Crippen LogP contribution is -2.51. The Hall–Kier alpha value is -1.79. The van der Waals surface area contributed by atoms with Crippen LogP contribution in [0.4, 0.5) is 4.79 Å². The number of likely N-dealkylation sites (tertiary alicyclic amines) is 1. The number of hydrogen-bond acceptors (Lipinski definition) is 3. The molecule has 1 aliphatic heterocycles. The van der Waals surface area contributed by atoms with Crippen LogP contribution in [0.15, 0.2) is 0 Å². The Labute approximate surface area is 118 Å². The van der Waals surface area contributed by atoms with Gasteiger partial charge in [-0.05, 0) is 18.8 Å². The molecule has 20 heavy (non-hydrogen) atoms. The molecule has 7 nitrogen and oxygen atoms in total. The van der Waals surface area contributed by atoms with Crippen LogP contribution < -0.4 is 11.1 Å². The van der Waals surface area contributed by atoms with Gasteiger partial charge < -0.3 is 21.1 Å². The second kappa shape index (κ2) is 7.72. The zero-order valence-electron chi connectivity index (χ0n) is 11.8. The number of amides is 3. The molecule has 0 bridgehead atoms. The molecule has 1 rings (SSSR count). The highest BCUT2D eigenvalue weighted by Gasteiger charge is 2.27. The van der Waals surface area contributed by atoms with E-state index in [0.717, 1.165) is 25.7 Å². The molecule has 1 aliphatic rings. The van der Waals surface area contributed by atoms with Crippen LogP contribution in [0.25, 0.3) is 0 Å². The Balaban J connectivity index is 2.45. The molecule has 0 aromatic heterocycles. The minimum Gasteiger partial charge on any atom is -0.480 e. The van der Waals surface area contributed by atoms with Gasteiger partial charge in [0.15, 0.2) is 0 Å². The summed E-state index contributed by atoms with van der Waals surface area (Å²) in [5, 5.41) is 11.3. The minimum absolute atomic E-state index is 0.395. The van der Waals surface area contributed by atoms with Crippen LogP contribution in [0.1, 0.15) is 39.0 Å². The predicted octanol–water partition coefficient (Wildman–Crippen LogP) is 0.537. The number of hydrogen-bond donors (Lipinski definition) is 3. The first kappa shape index (κ1) is 16.3. The van der Waals surface area contributed by atoms with Gasteiger partial charge in [0.1, 0.15) is 6.04 Å². The van der Waals surface area contributed by atoms with E-state index in [4.69, 9.17) is 10.8 Å². The molecule has 0 radical (unpaired) electrons. The normalized spacial score (nSPS) is 17.6. The number of carboxylic acid groups (broad SMARTS) is 1. The summed E-state index contributed by atoms with van der Waals surface area (Å²) in [4.78, 5) is 35.3. The third-order valence-corrected chi connectivity index (χ3v) is 3.60. The number of carbonyl (C=O) groups is 3. The van der Waals surface area contributed by atoms with Gasteiger partial charge in [0.2, 0.25) is 5.91 Å². The highest BCUT2D eigenvalue weighted by Crippen LogP contribution is 2.21. The van der Waals surface area contributed by atoms with E-state index < -0.39 is 30.4 Å². The van der Waals surface area contributed by atoms with Gasteiger partial charge in [0, 0.05) is 13.1 Å². The molecule has 0 aromatic rings. The lowest BCUT2D eigenvalue weighted by Gasteiger charge is -2.32.